The molecule has 0 atom stereocenters. The van der Waals surface area contributed by atoms with Crippen molar-refractivity contribution in [1.29, 1.82) is 0 Å². The van der Waals surface area contributed by atoms with Gasteiger partial charge in [0.2, 0.25) is 0 Å². The molecular weight excluding hydrogens is 423 g/mol. The van der Waals surface area contributed by atoms with Crippen LogP contribution >= 0.6 is 0 Å². The maximum atomic E-state index is 13.2. The highest BCUT2D eigenvalue weighted by atomic mass is 19.4. The van der Waals surface area contributed by atoms with Gasteiger partial charge in [0, 0.05) is 5.57 Å². The van der Waals surface area contributed by atoms with Crippen LogP contribution in [0, 0.1) is 0 Å². The molecule has 2 nitrogen and oxygen atoms in total. The minimum atomic E-state index is -8.04. The topological polar surface area (TPSA) is 26.3 Å². The fraction of sp³-hybridized carbons (Fsp3) is 0.750. The molecule has 0 saturated carbocycles. The van der Waals surface area contributed by atoms with Crippen molar-refractivity contribution in [3.05, 3.63) is 11.6 Å². The van der Waals surface area contributed by atoms with E-state index in [4.69, 9.17) is 0 Å². The van der Waals surface area contributed by atoms with Gasteiger partial charge >= 0.3 is 41.9 Å². The Bertz CT molecular complexity index is 589. The summed E-state index contributed by atoms with van der Waals surface area (Å²) in [6, 6.07) is 0. The quantitative estimate of drug-likeness (QED) is 0.298. The van der Waals surface area contributed by atoms with Crippen molar-refractivity contribution in [2.45, 2.75) is 56.2 Å². The van der Waals surface area contributed by atoms with E-state index in [1.54, 1.807) is 0 Å². The second kappa shape index (κ2) is 7.04. The smallest absolute Gasteiger partial charge is 0.393 e. The van der Waals surface area contributed by atoms with E-state index in [0.29, 0.717) is 6.08 Å². The first kappa shape index (κ1) is 25.3. The Kier molecular flexibility index (Phi) is 6.59. The third kappa shape index (κ3) is 3.81. The first-order valence-corrected chi connectivity index (χ1v) is 6.50. The van der Waals surface area contributed by atoms with E-state index in [9.17, 15) is 61.9 Å². The number of allylic oxidation sites excluding steroid dienone is 1. The lowest BCUT2D eigenvalue weighted by Crippen LogP contribution is -2.70. The van der Waals surface area contributed by atoms with Gasteiger partial charge in [-0.15, -0.1) is 0 Å². The van der Waals surface area contributed by atoms with Gasteiger partial charge in [-0.2, -0.15) is 57.1 Å². The van der Waals surface area contributed by atoms with E-state index in [1.807, 2.05) is 0 Å². The van der Waals surface area contributed by atoms with E-state index >= 15 is 0 Å². The lowest BCUT2D eigenvalue weighted by Gasteiger charge is -2.38. The molecule has 160 valence electrons. The number of ether oxygens (including phenoxy) is 1. The van der Waals surface area contributed by atoms with Crippen molar-refractivity contribution < 1.29 is 66.6 Å². The van der Waals surface area contributed by atoms with Crippen LogP contribution in [0.15, 0.2) is 11.6 Å². The number of carbonyl (C=O) groups is 1. The zero-order valence-electron chi connectivity index (χ0n) is 13.0. The fourth-order valence-electron chi connectivity index (χ4n) is 1.47. The number of halogens is 13. The Morgan fingerprint density at radius 2 is 1.11 bits per heavy atom. The molecule has 0 bridgehead atoms. The highest BCUT2D eigenvalue weighted by Gasteiger charge is 2.91. The summed E-state index contributed by atoms with van der Waals surface area (Å²) in [5.74, 6) is -33.9. The maximum absolute atomic E-state index is 13.2. The lowest BCUT2D eigenvalue weighted by atomic mass is 9.97. The van der Waals surface area contributed by atoms with Crippen LogP contribution in [0.4, 0.5) is 57.1 Å². The third-order valence-electron chi connectivity index (χ3n) is 3.12. The van der Waals surface area contributed by atoms with E-state index in [-0.39, 0.29) is 0 Å². The van der Waals surface area contributed by atoms with Crippen LogP contribution in [-0.4, -0.2) is 41.9 Å². The molecule has 0 amide bonds. The molecule has 0 aliphatic carbocycles. The standard InChI is InChI=1S/C12H9F13O2/c1-3-5(4-2)6(26)27-12(24,25)10(19,20)8(15,16)7(13,14)9(17,18)11(21,22)23/h3H,4H2,1-2H3. The van der Waals surface area contributed by atoms with Gasteiger partial charge in [0.25, 0.3) is 0 Å². The predicted molar refractivity (Wildman–Crippen MR) is 60.9 cm³/mol. The third-order valence-corrected chi connectivity index (χ3v) is 3.12. The Morgan fingerprint density at radius 1 is 0.741 bits per heavy atom. The van der Waals surface area contributed by atoms with Crippen LogP contribution in [0.1, 0.15) is 20.3 Å². The molecule has 0 aromatic carbocycles. The molecule has 0 unspecified atom stereocenters. The normalized spacial score (nSPS) is 15.7. The van der Waals surface area contributed by atoms with Gasteiger partial charge in [0.1, 0.15) is 0 Å². The molecule has 0 aromatic heterocycles. The number of carbonyl (C=O) groups excluding carboxylic acids is 1. The summed E-state index contributed by atoms with van der Waals surface area (Å²) in [7, 11) is 0. The molecule has 0 aliphatic rings. The number of esters is 1. The van der Waals surface area contributed by atoms with Gasteiger partial charge in [-0.1, -0.05) is 13.0 Å². The highest BCUT2D eigenvalue weighted by molar-refractivity contribution is 5.88. The minimum absolute atomic E-state index is 0.490. The van der Waals surface area contributed by atoms with Crippen molar-refractivity contribution in [2.75, 3.05) is 0 Å². The van der Waals surface area contributed by atoms with Crippen molar-refractivity contribution in [3.63, 3.8) is 0 Å². The van der Waals surface area contributed by atoms with Crippen molar-refractivity contribution in [3.8, 4) is 0 Å². The molecule has 0 aliphatic heterocycles. The van der Waals surface area contributed by atoms with Gasteiger partial charge in [-0.05, 0) is 13.3 Å². The van der Waals surface area contributed by atoms with Crippen LogP contribution in [0.25, 0.3) is 0 Å². The molecule has 0 N–H and O–H groups in total. The highest BCUT2D eigenvalue weighted by Crippen LogP contribution is 2.60. The van der Waals surface area contributed by atoms with Gasteiger partial charge in [0.15, 0.2) is 0 Å². The summed E-state index contributed by atoms with van der Waals surface area (Å²) < 4.78 is 169. The molecular formula is C12H9F13O2. The van der Waals surface area contributed by atoms with E-state index in [2.05, 4.69) is 4.74 Å². The van der Waals surface area contributed by atoms with Crippen LogP contribution < -0.4 is 0 Å². The molecule has 0 aromatic rings. The zero-order chi connectivity index (χ0) is 22.3. The summed E-state index contributed by atoms with van der Waals surface area (Å²) in [5.41, 5.74) is -0.832. The minimum Gasteiger partial charge on any atom is -0.393 e. The maximum Gasteiger partial charge on any atom is 0.473 e. The largest absolute Gasteiger partial charge is 0.473 e. The SMILES string of the molecule is CC=C(CC)C(=O)OC(F)(F)C(F)(F)C(F)(F)C(F)(F)C(F)(F)C(F)(F)F. The summed E-state index contributed by atoms with van der Waals surface area (Å²) in [5, 5.41) is 0. The average molecular weight is 432 g/mol. The molecule has 27 heavy (non-hydrogen) atoms. The van der Waals surface area contributed by atoms with Crippen LogP contribution in [0.5, 0.6) is 0 Å². The summed E-state index contributed by atoms with van der Waals surface area (Å²) in [6.45, 7) is 2.04. The molecule has 0 saturated heterocycles. The first-order chi connectivity index (χ1) is 11.7. The zero-order valence-corrected chi connectivity index (χ0v) is 13.0. The van der Waals surface area contributed by atoms with Crippen molar-refractivity contribution in [1.82, 2.24) is 0 Å². The molecule has 0 rings (SSSR count). The predicted octanol–water partition coefficient (Wildman–Crippen LogP) is 5.58. The van der Waals surface area contributed by atoms with E-state index in [1.165, 1.54) is 0 Å². The monoisotopic (exact) mass is 432 g/mol. The van der Waals surface area contributed by atoms with Gasteiger partial charge in [-0.25, -0.2) is 4.79 Å². The van der Waals surface area contributed by atoms with Crippen LogP contribution in [0.3, 0.4) is 0 Å². The summed E-state index contributed by atoms with van der Waals surface area (Å²) >= 11 is 0. The van der Waals surface area contributed by atoms with Crippen molar-refractivity contribution in [2.24, 2.45) is 0 Å². The number of rotatable bonds is 7. The van der Waals surface area contributed by atoms with Crippen LogP contribution in [0.2, 0.25) is 0 Å². The first-order valence-electron chi connectivity index (χ1n) is 6.50. The van der Waals surface area contributed by atoms with Gasteiger partial charge < -0.3 is 4.74 Å². The molecule has 0 radical (unpaired) electrons. The Balaban J connectivity index is 6.20. The number of hydrogen-bond donors (Lipinski definition) is 0. The molecule has 0 heterocycles. The Hall–Kier alpha value is -1.70. The number of hydrogen-bond acceptors (Lipinski definition) is 2. The Labute approximate surface area is 141 Å². The van der Waals surface area contributed by atoms with E-state index in [0.717, 1.165) is 13.8 Å². The van der Waals surface area contributed by atoms with E-state index < -0.39 is 53.9 Å². The van der Waals surface area contributed by atoms with Gasteiger partial charge in [0.05, 0.1) is 0 Å². The Morgan fingerprint density at radius 3 is 1.41 bits per heavy atom. The fourth-order valence-corrected chi connectivity index (χ4v) is 1.47. The summed E-state index contributed by atoms with van der Waals surface area (Å²) in [4.78, 5) is 11.1. The van der Waals surface area contributed by atoms with Gasteiger partial charge in [-0.3, -0.25) is 0 Å². The number of alkyl halides is 13. The molecule has 0 fully saturated rings. The second-order valence-corrected chi connectivity index (χ2v) is 4.87. The lowest BCUT2D eigenvalue weighted by molar-refractivity contribution is -0.460. The molecule has 0 spiro atoms. The molecule has 15 heteroatoms. The summed E-state index contributed by atoms with van der Waals surface area (Å²) in [6.07, 6.45) is -14.2. The second-order valence-electron chi connectivity index (χ2n) is 4.87. The average Bonchev–Trinajstić information content (AvgIpc) is 2.45. The van der Waals surface area contributed by atoms with Crippen molar-refractivity contribution >= 4 is 5.97 Å². The van der Waals surface area contributed by atoms with Crippen LogP contribution in [-0.2, 0) is 9.53 Å².